The molecule has 33 heavy (non-hydrogen) atoms. The Morgan fingerprint density at radius 3 is 2.79 bits per heavy atom. The lowest BCUT2D eigenvalue weighted by Gasteiger charge is -2.09. The van der Waals surface area contributed by atoms with Crippen LogP contribution < -0.4 is 4.74 Å². The fraction of sp³-hybridized carbons (Fsp3) is 0.292. The van der Waals surface area contributed by atoms with Gasteiger partial charge in [0.1, 0.15) is 16.6 Å². The van der Waals surface area contributed by atoms with Crippen molar-refractivity contribution in [3.05, 3.63) is 75.0 Å². The van der Waals surface area contributed by atoms with Gasteiger partial charge in [-0.25, -0.2) is 4.98 Å². The smallest absolute Gasteiger partial charge is 0.191 e. The van der Waals surface area contributed by atoms with E-state index in [4.69, 9.17) is 32.9 Å². The summed E-state index contributed by atoms with van der Waals surface area (Å²) in [6.07, 6.45) is 1.59. The van der Waals surface area contributed by atoms with Crippen LogP contribution in [0.3, 0.4) is 0 Å². The summed E-state index contributed by atoms with van der Waals surface area (Å²) < 4.78 is 7.95. The van der Waals surface area contributed by atoms with E-state index >= 15 is 0 Å². The zero-order chi connectivity index (χ0) is 23.2. The molecule has 0 unspecified atom stereocenters. The van der Waals surface area contributed by atoms with E-state index < -0.39 is 0 Å². The van der Waals surface area contributed by atoms with Crippen LogP contribution in [0.1, 0.15) is 30.4 Å². The number of thiazole rings is 1. The molecule has 172 valence electrons. The Balaban J connectivity index is 1.31. The van der Waals surface area contributed by atoms with Crippen molar-refractivity contribution in [3.8, 4) is 16.3 Å². The molecule has 2 aromatic carbocycles. The molecule has 2 heterocycles. The maximum absolute atomic E-state index is 6.16. The topological polar surface area (TPSA) is 52.8 Å². The Morgan fingerprint density at radius 1 is 1.12 bits per heavy atom. The van der Waals surface area contributed by atoms with Crippen LogP contribution >= 0.6 is 46.3 Å². The molecular weight excluding hydrogens is 495 g/mol. The van der Waals surface area contributed by atoms with Crippen molar-refractivity contribution in [2.45, 2.75) is 44.1 Å². The normalized spacial score (nSPS) is 11.2. The number of hydrogen-bond acceptors (Lipinski definition) is 6. The highest BCUT2D eigenvalue weighted by Gasteiger charge is 2.13. The number of halogens is 2. The minimum absolute atomic E-state index is 0.519. The van der Waals surface area contributed by atoms with Gasteiger partial charge in [-0.15, -0.1) is 21.5 Å². The SMILES string of the molecule is CCn1c(CCCOc2ccc(Cl)cc2Cl)nnc1SCc1csc(-c2cccc(C)c2)n1. The Morgan fingerprint density at radius 2 is 2.00 bits per heavy atom. The van der Waals surface area contributed by atoms with E-state index in [1.165, 1.54) is 5.56 Å². The van der Waals surface area contributed by atoms with Crippen molar-refractivity contribution >= 4 is 46.3 Å². The molecular formula is C24H24Cl2N4OS2. The summed E-state index contributed by atoms with van der Waals surface area (Å²) in [6, 6.07) is 13.7. The molecule has 0 bridgehead atoms. The molecule has 0 aliphatic rings. The predicted molar refractivity (Wildman–Crippen MR) is 138 cm³/mol. The zero-order valence-corrected chi connectivity index (χ0v) is 21.6. The van der Waals surface area contributed by atoms with Crippen LogP contribution in [-0.4, -0.2) is 26.4 Å². The van der Waals surface area contributed by atoms with E-state index in [-0.39, 0.29) is 0 Å². The molecule has 2 aromatic heterocycles. The van der Waals surface area contributed by atoms with Crippen LogP contribution in [0.15, 0.2) is 53.0 Å². The summed E-state index contributed by atoms with van der Waals surface area (Å²) in [5.74, 6) is 2.37. The van der Waals surface area contributed by atoms with Crippen molar-refractivity contribution in [2.75, 3.05) is 6.61 Å². The number of thioether (sulfide) groups is 1. The number of nitrogens with zero attached hydrogens (tertiary/aromatic N) is 4. The van der Waals surface area contributed by atoms with Gasteiger partial charge in [0.2, 0.25) is 0 Å². The molecule has 0 spiro atoms. The van der Waals surface area contributed by atoms with E-state index in [0.29, 0.717) is 22.4 Å². The van der Waals surface area contributed by atoms with Crippen LogP contribution in [0.25, 0.3) is 10.6 Å². The second-order valence-corrected chi connectivity index (χ2v) is 10.1. The quantitative estimate of drug-likeness (QED) is 0.162. The molecule has 5 nitrogen and oxygen atoms in total. The summed E-state index contributed by atoms with van der Waals surface area (Å²) >= 11 is 15.4. The molecule has 0 aliphatic carbocycles. The molecule has 0 saturated carbocycles. The van der Waals surface area contributed by atoms with Gasteiger partial charge in [0, 0.05) is 34.7 Å². The minimum atomic E-state index is 0.519. The second kappa shape index (κ2) is 11.4. The number of aryl methyl sites for hydroxylation is 2. The van der Waals surface area contributed by atoms with E-state index in [1.54, 1.807) is 41.3 Å². The van der Waals surface area contributed by atoms with Gasteiger partial charge in [0.05, 0.1) is 17.3 Å². The fourth-order valence-electron chi connectivity index (χ4n) is 3.36. The molecule has 0 atom stereocenters. The molecule has 0 aliphatic heterocycles. The van der Waals surface area contributed by atoms with Crippen LogP contribution in [0.4, 0.5) is 0 Å². The average molecular weight is 520 g/mol. The summed E-state index contributed by atoms with van der Waals surface area (Å²) in [7, 11) is 0. The highest BCUT2D eigenvalue weighted by Crippen LogP contribution is 2.29. The lowest BCUT2D eigenvalue weighted by molar-refractivity contribution is 0.309. The minimum Gasteiger partial charge on any atom is -0.492 e. The first-order valence-corrected chi connectivity index (χ1v) is 13.3. The molecule has 0 fully saturated rings. The number of benzene rings is 2. The van der Waals surface area contributed by atoms with Crippen LogP contribution in [0, 0.1) is 6.92 Å². The van der Waals surface area contributed by atoms with Crippen molar-refractivity contribution < 1.29 is 4.74 Å². The molecule has 9 heteroatoms. The Kier molecular flexibility index (Phi) is 8.30. The number of aromatic nitrogens is 4. The molecule has 0 N–H and O–H groups in total. The van der Waals surface area contributed by atoms with E-state index in [2.05, 4.69) is 58.3 Å². The summed E-state index contributed by atoms with van der Waals surface area (Å²) in [5.41, 5.74) is 3.46. The average Bonchev–Trinajstić information content (AvgIpc) is 3.43. The zero-order valence-electron chi connectivity index (χ0n) is 18.4. The summed E-state index contributed by atoms with van der Waals surface area (Å²) in [6.45, 7) is 5.57. The van der Waals surface area contributed by atoms with Crippen LogP contribution in [-0.2, 0) is 18.7 Å². The molecule has 4 aromatic rings. The van der Waals surface area contributed by atoms with E-state index in [1.807, 2.05) is 0 Å². The third-order valence-corrected chi connectivity index (χ3v) is 7.44. The molecule has 0 radical (unpaired) electrons. The third kappa shape index (κ3) is 6.29. The lowest BCUT2D eigenvalue weighted by atomic mass is 10.1. The standard InChI is InChI=1S/C24H24Cl2N4OS2/c1-3-30-22(8-5-11-31-21-10-9-18(25)13-20(21)26)28-29-24(30)33-15-19-14-32-23(27-19)17-7-4-6-16(2)12-17/h4,6-7,9-10,12-14H,3,5,8,11,15H2,1-2H3. The van der Waals surface area contributed by atoms with Gasteiger partial charge in [-0.1, -0.05) is 58.7 Å². The molecule has 0 saturated heterocycles. The van der Waals surface area contributed by atoms with Crippen LogP contribution in [0.2, 0.25) is 10.0 Å². The Labute approximate surface area is 212 Å². The highest BCUT2D eigenvalue weighted by molar-refractivity contribution is 7.98. The Bertz CT molecular complexity index is 1220. The van der Waals surface area contributed by atoms with Gasteiger partial charge in [0.25, 0.3) is 0 Å². The van der Waals surface area contributed by atoms with Crippen LogP contribution in [0.5, 0.6) is 5.75 Å². The first-order chi connectivity index (χ1) is 16.0. The van der Waals surface area contributed by atoms with Gasteiger partial charge >= 0.3 is 0 Å². The Hall–Kier alpha value is -2.06. The van der Waals surface area contributed by atoms with Gasteiger partial charge < -0.3 is 9.30 Å². The second-order valence-electron chi connectivity index (χ2n) is 7.47. The van der Waals surface area contributed by atoms with Crippen molar-refractivity contribution in [2.24, 2.45) is 0 Å². The first-order valence-electron chi connectivity index (χ1n) is 10.7. The first kappa shape index (κ1) is 24.1. The van der Waals surface area contributed by atoms with Crippen molar-refractivity contribution in [3.63, 3.8) is 0 Å². The van der Waals surface area contributed by atoms with Crippen molar-refractivity contribution in [1.82, 2.24) is 19.7 Å². The molecule has 0 amide bonds. The fourth-order valence-corrected chi connectivity index (χ4v) is 5.65. The summed E-state index contributed by atoms with van der Waals surface area (Å²) in [5, 5.41) is 14.0. The van der Waals surface area contributed by atoms with Gasteiger partial charge in [-0.2, -0.15) is 0 Å². The largest absolute Gasteiger partial charge is 0.492 e. The summed E-state index contributed by atoms with van der Waals surface area (Å²) in [4.78, 5) is 4.81. The predicted octanol–water partition coefficient (Wildman–Crippen LogP) is 7.34. The van der Waals surface area contributed by atoms with Gasteiger partial charge in [-0.3, -0.25) is 0 Å². The van der Waals surface area contributed by atoms with E-state index in [0.717, 1.165) is 52.4 Å². The number of ether oxygens (including phenoxy) is 1. The molecule has 4 rings (SSSR count). The van der Waals surface area contributed by atoms with E-state index in [9.17, 15) is 0 Å². The van der Waals surface area contributed by atoms with Crippen molar-refractivity contribution in [1.29, 1.82) is 0 Å². The number of hydrogen-bond donors (Lipinski definition) is 0. The maximum atomic E-state index is 6.16. The maximum Gasteiger partial charge on any atom is 0.191 e. The number of rotatable bonds is 10. The lowest BCUT2D eigenvalue weighted by Crippen LogP contribution is -2.06. The third-order valence-electron chi connectivity index (χ3n) is 4.97. The highest BCUT2D eigenvalue weighted by atomic mass is 35.5. The monoisotopic (exact) mass is 518 g/mol. The van der Waals surface area contributed by atoms with Gasteiger partial charge in [0.15, 0.2) is 5.16 Å². The van der Waals surface area contributed by atoms with Gasteiger partial charge in [-0.05, 0) is 44.5 Å².